The maximum atomic E-state index is 12.9. The molecule has 3 rings (SSSR count). The Labute approximate surface area is 143 Å². The molecule has 122 valence electrons. The SMILES string of the molecule is CO[C@H]1C[C@H](c2nc(C)no2)N(C(=O)c2cc(Cl)cc(Cl)c2)C1. The van der Waals surface area contributed by atoms with Crippen LogP contribution in [0.5, 0.6) is 0 Å². The van der Waals surface area contributed by atoms with Gasteiger partial charge in [0.1, 0.15) is 6.04 Å². The van der Waals surface area contributed by atoms with Crippen molar-refractivity contribution in [3.05, 3.63) is 45.5 Å². The third-order valence-electron chi connectivity index (χ3n) is 3.79. The molecule has 1 saturated heterocycles. The van der Waals surface area contributed by atoms with Crippen LogP contribution in [-0.4, -0.2) is 40.7 Å². The molecule has 23 heavy (non-hydrogen) atoms. The van der Waals surface area contributed by atoms with E-state index in [1.165, 1.54) is 0 Å². The van der Waals surface area contributed by atoms with Crippen LogP contribution in [0.15, 0.2) is 22.7 Å². The Bertz CT molecular complexity index is 714. The van der Waals surface area contributed by atoms with Crippen molar-refractivity contribution in [2.45, 2.75) is 25.5 Å². The predicted octanol–water partition coefficient (Wildman–Crippen LogP) is 3.29. The number of aromatic nitrogens is 2. The zero-order valence-corrected chi connectivity index (χ0v) is 14.1. The molecule has 1 amide bonds. The second kappa shape index (κ2) is 6.47. The first-order valence-electron chi connectivity index (χ1n) is 7.08. The molecule has 2 aromatic rings. The lowest BCUT2D eigenvalue weighted by Crippen LogP contribution is -2.32. The predicted molar refractivity (Wildman–Crippen MR) is 84.7 cm³/mol. The highest BCUT2D eigenvalue weighted by Gasteiger charge is 2.40. The van der Waals surface area contributed by atoms with E-state index in [4.69, 9.17) is 32.5 Å². The molecule has 6 nitrogen and oxygen atoms in total. The second-order valence-electron chi connectivity index (χ2n) is 5.40. The fraction of sp³-hybridized carbons (Fsp3) is 0.400. The molecule has 1 aliphatic heterocycles. The van der Waals surface area contributed by atoms with E-state index < -0.39 is 0 Å². The minimum atomic E-state index is -0.327. The van der Waals surface area contributed by atoms with Gasteiger partial charge >= 0.3 is 0 Å². The molecule has 1 aromatic heterocycles. The number of likely N-dealkylation sites (tertiary alicyclic amines) is 1. The molecular formula is C15H15Cl2N3O3. The lowest BCUT2D eigenvalue weighted by molar-refractivity contribution is 0.0671. The van der Waals surface area contributed by atoms with E-state index in [9.17, 15) is 4.79 Å². The van der Waals surface area contributed by atoms with Gasteiger partial charge in [-0.2, -0.15) is 4.98 Å². The standard InChI is InChI=1S/C15H15Cl2N3O3/c1-8-18-14(23-19-8)13-6-12(22-2)7-20(13)15(21)9-3-10(16)5-11(17)4-9/h3-5,12-13H,6-7H2,1-2H3/t12-,13+/m0/s1. The number of hydrogen-bond donors (Lipinski definition) is 0. The van der Waals surface area contributed by atoms with E-state index in [1.54, 1.807) is 37.1 Å². The Morgan fingerprint density at radius 3 is 2.61 bits per heavy atom. The van der Waals surface area contributed by atoms with E-state index in [1.807, 2.05) is 0 Å². The Kier molecular flexibility index (Phi) is 4.57. The van der Waals surface area contributed by atoms with Crippen LogP contribution in [0, 0.1) is 6.92 Å². The maximum absolute atomic E-state index is 12.9. The molecule has 0 saturated carbocycles. The number of nitrogens with zero attached hydrogens (tertiary/aromatic N) is 3. The molecule has 1 fully saturated rings. The van der Waals surface area contributed by atoms with Gasteiger partial charge in [-0.05, 0) is 25.1 Å². The summed E-state index contributed by atoms with van der Waals surface area (Å²) >= 11 is 12.0. The Morgan fingerprint density at radius 2 is 2.04 bits per heavy atom. The fourth-order valence-corrected chi connectivity index (χ4v) is 3.24. The average molecular weight is 356 g/mol. The smallest absolute Gasteiger partial charge is 0.254 e. The van der Waals surface area contributed by atoms with Crippen molar-refractivity contribution in [2.75, 3.05) is 13.7 Å². The highest BCUT2D eigenvalue weighted by Crippen LogP contribution is 2.34. The van der Waals surface area contributed by atoms with Crippen LogP contribution in [0.1, 0.15) is 34.5 Å². The quantitative estimate of drug-likeness (QED) is 0.844. The van der Waals surface area contributed by atoms with Crippen molar-refractivity contribution in [3.63, 3.8) is 0 Å². The number of amides is 1. The first kappa shape index (κ1) is 16.2. The average Bonchev–Trinajstić information content (AvgIpc) is 3.11. The number of halogens is 2. The van der Waals surface area contributed by atoms with E-state index >= 15 is 0 Å². The zero-order chi connectivity index (χ0) is 16.6. The molecule has 1 aliphatic rings. The lowest BCUT2D eigenvalue weighted by Gasteiger charge is -2.22. The number of carbonyl (C=O) groups is 1. The summed E-state index contributed by atoms with van der Waals surface area (Å²) in [6.07, 6.45) is 0.504. The largest absolute Gasteiger partial charge is 0.380 e. The fourth-order valence-electron chi connectivity index (χ4n) is 2.72. The monoisotopic (exact) mass is 355 g/mol. The normalized spacial score (nSPS) is 21.0. The van der Waals surface area contributed by atoms with E-state index in [0.717, 1.165) is 0 Å². The molecule has 0 spiro atoms. The zero-order valence-electron chi connectivity index (χ0n) is 12.6. The van der Waals surface area contributed by atoms with Crippen LogP contribution in [0.2, 0.25) is 10.0 Å². The highest BCUT2D eigenvalue weighted by atomic mass is 35.5. The van der Waals surface area contributed by atoms with Gasteiger partial charge in [-0.25, -0.2) is 0 Å². The highest BCUT2D eigenvalue weighted by molar-refractivity contribution is 6.35. The van der Waals surface area contributed by atoms with Crippen molar-refractivity contribution in [2.24, 2.45) is 0 Å². The molecule has 0 bridgehead atoms. The molecule has 0 radical (unpaired) electrons. The van der Waals surface area contributed by atoms with E-state index in [0.29, 0.717) is 40.3 Å². The van der Waals surface area contributed by atoms with Gasteiger partial charge in [-0.3, -0.25) is 4.79 Å². The first-order chi connectivity index (χ1) is 11.0. The minimum Gasteiger partial charge on any atom is -0.380 e. The van der Waals surface area contributed by atoms with Crippen molar-refractivity contribution in [1.82, 2.24) is 15.0 Å². The molecule has 0 aliphatic carbocycles. The van der Waals surface area contributed by atoms with Gasteiger partial charge in [0, 0.05) is 35.7 Å². The number of carbonyl (C=O) groups excluding carboxylic acids is 1. The Hall–Kier alpha value is -1.63. The van der Waals surface area contributed by atoms with Crippen LogP contribution in [0.4, 0.5) is 0 Å². The summed E-state index contributed by atoms with van der Waals surface area (Å²) in [5.41, 5.74) is 0.417. The van der Waals surface area contributed by atoms with E-state index in [2.05, 4.69) is 10.1 Å². The maximum Gasteiger partial charge on any atom is 0.254 e. The number of methoxy groups -OCH3 is 1. The van der Waals surface area contributed by atoms with Crippen LogP contribution >= 0.6 is 23.2 Å². The van der Waals surface area contributed by atoms with Crippen molar-refractivity contribution < 1.29 is 14.1 Å². The molecule has 2 heterocycles. The minimum absolute atomic E-state index is 0.0918. The van der Waals surface area contributed by atoms with Gasteiger partial charge in [0.15, 0.2) is 5.82 Å². The van der Waals surface area contributed by atoms with Crippen LogP contribution in [0.3, 0.4) is 0 Å². The van der Waals surface area contributed by atoms with E-state index in [-0.39, 0.29) is 18.1 Å². The molecule has 0 N–H and O–H groups in total. The summed E-state index contributed by atoms with van der Waals surface area (Å²) in [7, 11) is 1.62. The number of hydrogen-bond acceptors (Lipinski definition) is 5. The van der Waals surface area contributed by atoms with Gasteiger partial charge in [0.2, 0.25) is 5.89 Å². The summed E-state index contributed by atoms with van der Waals surface area (Å²) in [6.45, 7) is 2.17. The summed E-state index contributed by atoms with van der Waals surface area (Å²) in [6, 6.07) is 4.44. The lowest BCUT2D eigenvalue weighted by atomic mass is 10.1. The van der Waals surface area contributed by atoms with Crippen molar-refractivity contribution >= 4 is 29.1 Å². The number of benzene rings is 1. The van der Waals surface area contributed by atoms with Gasteiger partial charge in [0.25, 0.3) is 5.91 Å². The van der Waals surface area contributed by atoms with Crippen LogP contribution < -0.4 is 0 Å². The summed E-state index contributed by atoms with van der Waals surface area (Å²) < 4.78 is 10.6. The van der Waals surface area contributed by atoms with Gasteiger partial charge in [0.05, 0.1) is 6.10 Å². The van der Waals surface area contributed by atoms with Crippen LogP contribution in [0.25, 0.3) is 0 Å². The third kappa shape index (κ3) is 3.34. The number of ether oxygens (including phenoxy) is 1. The summed E-state index contributed by atoms with van der Waals surface area (Å²) in [5, 5.41) is 4.62. The topological polar surface area (TPSA) is 68.5 Å². The first-order valence-corrected chi connectivity index (χ1v) is 7.83. The van der Waals surface area contributed by atoms with Gasteiger partial charge in [-0.15, -0.1) is 0 Å². The molecule has 2 atom stereocenters. The number of aryl methyl sites for hydroxylation is 1. The summed E-state index contributed by atoms with van der Waals surface area (Å²) in [4.78, 5) is 18.8. The Morgan fingerprint density at radius 1 is 1.35 bits per heavy atom. The Balaban J connectivity index is 1.92. The van der Waals surface area contributed by atoms with Crippen molar-refractivity contribution in [1.29, 1.82) is 0 Å². The van der Waals surface area contributed by atoms with Crippen LogP contribution in [-0.2, 0) is 4.74 Å². The molecule has 1 aromatic carbocycles. The molecular weight excluding hydrogens is 341 g/mol. The molecule has 0 unspecified atom stereocenters. The van der Waals surface area contributed by atoms with Gasteiger partial charge in [-0.1, -0.05) is 28.4 Å². The second-order valence-corrected chi connectivity index (χ2v) is 6.28. The van der Waals surface area contributed by atoms with Gasteiger partial charge < -0.3 is 14.2 Å². The van der Waals surface area contributed by atoms with Crippen molar-refractivity contribution in [3.8, 4) is 0 Å². The summed E-state index contributed by atoms with van der Waals surface area (Å²) in [5.74, 6) is 0.734. The third-order valence-corrected chi connectivity index (χ3v) is 4.23. The number of rotatable bonds is 3. The molecule has 8 heteroatoms.